The Morgan fingerprint density at radius 1 is 1.50 bits per heavy atom. The smallest absolute Gasteiger partial charge is 0.166 e. The van der Waals surface area contributed by atoms with E-state index in [2.05, 4.69) is 0 Å². The minimum absolute atomic E-state index is 0.222. The monoisotopic (exact) mass is 196 g/mol. The van der Waals surface area contributed by atoms with E-state index in [0.29, 0.717) is 0 Å². The van der Waals surface area contributed by atoms with Gasteiger partial charge >= 0.3 is 6.18 Å². The molecule has 0 bridgehead atoms. The summed E-state index contributed by atoms with van der Waals surface area (Å²) in [5.74, 6) is 0. The minimum Gasteiger partial charge on any atom is -0.166 e. The van der Waals surface area contributed by atoms with E-state index in [-0.39, 0.29) is 6.42 Å². The molecule has 1 aliphatic rings. The van der Waals surface area contributed by atoms with E-state index in [0.717, 1.165) is 6.08 Å². The van der Waals surface area contributed by atoms with Crippen molar-refractivity contribution in [3.8, 4) is 0 Å². The molecule has 0 saturated heterocycles. The second-order valence-corrected chi connectivity index (χ2v) is 3.74. The number of hydrogen-bond acceptors (Lipinski definition) is 0. The van der Waals surface area contributed by atoms with Crippen molar-refractivity contribution in [3.05, 3.63) is 23.8 Å². The van der Waals surface area contributed by atoms with Crippen LogP contribution in [0.4, 0.5) is 13.2 Å². The van der Waals surface area contributed by atoms with Gasteiger partial charge in [-0.15, -0.1) is 11.6 Å². The lowest BCUT2D eigenvalue weighted by molar-refractivity contribution is -0.0968. The molecule has 0 amide bonds. The standard InChI is InChI=1S/C8H8ClF3/c1-7(9)5-3-2-4-6(7)8(10,11)12/h2-4H,5H2,1H3. The Bertz CT molecular complexity index is 235. The molecule has 0 spiro atoms. The number of halogens is 4. The maximum atomic E-state index is 12.3. The summed E-state index contributed by atoms with van der Waals surface area (Å²) in [5, 5.41) is 0. The van der Waals surface area contributed by atoms with E-state index in [1.807, 2.05) is 0 Å². The zero-order valence-electron chi connectivity index (χ0n) is 6.45. The molecule has 0 N–H and O–H groups in total. The van der Waals surface area contributed by atoms with Gasteiger partial charge in [0.2, 0.25) is 0 Å². The quantitative estimate of drug-likeness (QED) is 0.521. The zero-order valence-corrected chi connectivity index (χ0v) is 7.21. The Morgan fingerprint density at radius 2 is 2.08 bits per heavy atom. The second kappa shape index (κ2) is 2.80. The van der Waals surface area contributed by atoms with E-state index in [9.17, 15) is 13.2 Å². The molecule has 0 nitrogen and oxygen atoms in total. The first kappa shape index (κ1) is 9.65. The lowest BCUT2D eigenvalue weighted by atomic mass is 9.92. The lowest BCUT2D eigenvalue weighted by Crippen LogP contribution is -2.31. The molecule has 68 valence electrons. The Hall–Kier alpha value is -0.440. The molecule has 0 aromatic heterocycles. The highest BCUT2D eigenvalue weighted by molar-refractivity contribution is 6.26. The van der Waals surface area contributed by atoms with Gasteiger partial charge in [0.1, 0.15) is 0 Å². The van der Waals surface area contributed by atoms with Crippen LogP contribution in [0.1, 0.15) is 13.3 Å². The summed E-state index contributed by atoms with van der Waals surface area (Å²) in [6, 6.07) is 0. The van der Waals surface area contributed by atoms with Crippen LogP contribution >= 0.6 is 11.6 Å². The Morgan fingerprint density at radius 3 is 2.42 bits per heavy atom. The van der Waals surface area contributed by atoms with Crippen LogP contribution in [0.5, 0.6) is 0 Å². The van der Waals surface area contributed by atoms with Crippen LogP contribution < -0.4 is 0 Å². The first-order valence-corrected chi connectivity index (χ1v) is 3.85. The molecule has 1 unspecified atom stereocenters. The highest BCUT2D eigenvalue weighted by Crippen LogP contribution is 2.41. The van der Waals surface area contributed by atoms with E-state index < -0.39 is 16.6 Å². The zero-order chi connectivity index (χ0) is 9.41. The van der Waals surface area contributed by atoms with Crippen LogP contribution in [0.15, 0.2) is 23.8 Å². The molecule has 0 heterocycles. The fraction of sp³-hybridized carbons (Fsp3) is 0.500. The molecule has 12 heavy (non-hydrogen) atoms. The molecule has 0 radical (unpaired) electrons. The summed E-state index contributed by atoms with van der Waals surface area (Å²) >= 11 is 5.68. The molecule has 0 aromatic carbocycles. The van der Waals surface area contributed by atoms with Gasteiger partial charge in [0.25, 0.3) is 0 Å². The summed E-state index contributed by atoms with van der Waals surface area (Å²) in [6.07, 6.45) is -0.0626. The summed E-state index contributed by atoms with van der Waals surface area (Å²) < 4.78 is 36.8. The Labute approximate surface area is 73.7 Å². The Balaban J connectivity index is 3.01. The van der Waals surface area contributed by atoms with E-state index in [1.54, 1.807) is 6.08 Å². The largest absolute Gasteiger partial charge is 0.414 e. The van der Waals surface area contributed by atoms with Gasteiger partial charge < -0.3 is 0 Å². The third kappa shape index (κ3) is 1.83. The topological polar surface area (TPSA) is 0 Å². The number of alkyl halides is 4. The van der Waals surface area contributed by atoms with Crippen molar-refractivity contribution in [2.24, 2.45) is 0 Å². The van der Waals surface area contributed by atoms with Crippen LogP contribution in [-0.4, -0.2) is 11.1 Å². The van der Waals surface area contributed by atoms with E-state index in [4.69, 9.17) is 11.6 Å². The summed E-state index contributed by atoms with van der Waals surface area (Å²) in [6.45, 7) is 1.37. The lowest BCUT2D eigenvalue weighted by Gasteiger charge is -2.27. The molecule has 0 saturated carbocycles. The summed E-state index contributed by atoms with van der Waals surface area (Å²) in [4.78, 5) is -1.30. The van der Waals surface area contributed by atoms with Gasteiger partial charge in [-0.2, -0.15) is 13.2 Å². The fourth-order valence-electron chi connectivity index (χ4n) is 1.13. The van der Waals surface area contributed by atoms with Crippen molar-refractivity contribution in [1.82, 2.24) is 0 Å². The highest BCUT2D eigenvalue weighted by Gasteiger charge is 2.44. The van der Waals surface area contributed by atoms with E-state index in [1.165, 1.54) is 13.0 Å². The van der Waals surface area contributed by atoms with Gasteiger partial charge in [-0.1, -0.05) is 18.2 Å². The minimum atomic E-state index is -4.32. The van der Waals surface area contributed by atoms with Crippen LogP contribution in [0.3, 0.4) is 0 Å². The third-order valence-electron chi connectivity index (χ3n) is 1.77. The van der Waals surface area contributed by atoms with Crippen molar-refractivity contribution >= 4 is 11.6 Å². The molecular formula is C8H8ClF3. The average molecular weight is 197 g/mol. The SMILES string of the molecule is CC1(Cl)CC=CC=C1C(F)(F)F. The predicted molar refractivity (Wildman–Crippen MR) is 42.2 cm³/mol. The van der Waals surface area contributed by atoms with Crippen LogP contribution in [-0.2, 0) is 0 Å². The van der Waals surface area contributed by atoms with Gasteiger partial charge in [-0.3, -0.25) is 0 Å². The van der Waals surface area contributed by atoms with E-state index >= 15 is 0 Å². The van der Waals surface area contributed by atoms with Gasteiger partial charge in [0.05, 0.1) is 10.4 Å². The van der Waals surface area contributed by atoms with Crippen LogP contribution in [0, 0.1) is 0 Å². The average Bonchev–Trinajstić information content (AvgIpc) is 1.83. The third-order valence-corrected chi connectivity index (χ3v) is 2.13. The number of rotatable bonds is 0. The molecule has 4 heteroatoms. The molecule has 1 aliphatic carbocycles. The van der Waals surface area contributed by atoms with Gasteiger partial charge in [0, 0.05) is 0 Å². The van der Waals surface area contributed by atoms with Crippen molar-refractivity contribution in [1.29, 1.82) is 0 Å². The van der Waals surface area contributed by atoms with Gasteiger partial charge in [-0.25, -0.2) is 0 Å². The molecule has 0 aliphatic heterocycles. The van der Waals surface area contributed by atoms with Crippen LogP contribution in [0.25, 0.3) is 0 Å². The van der Waals surface area contributed by atoms with Gasteiger partial charge in [-0.05, 0) is 13.3 Å². The summed E-state index contributed by atoms with van der Waals surface area (Å²) in [7, 11) is 0. The van der Waals surface area contributed by atoms with Crippen molar-refractivity contribution in [3.63, 3.8) is 0 Å². The maximum absolute atomic E-state index is 12.3. The highest BCUT2D eigenvalue weighted by atomic mass is 35.5. The Kier molecular flexibility index (Phi) is 2.25. The molecule has 1 rings (SSSR count). The second-order valence-electron chi connectivity index (χ2n) is 2.91. The number of allylic oxidation sites excluding steroid dienone is 4. The van der Waals surface area contributed by atoms with Crippen molar-refractivity contribution in [2.75, 3.05) is 0 Å². The normalized spacial score (nSPS) is 30.2. The fourth-order valence-corrected chi connectivity index (χ4v) is 1.39. The molecule has 1 atom stereocenters. The van der Waals surface area contributed by atoms with Crippen molar-refractivity contribution in [2.45, 2.75) is 24.4 Å². The molecule has 0 aromatic rings. The first-order chi connectivity index (χ1) is 5.34. The van der Waals surface area contributed by atoms with Gasteiger partial charge in [0.15, 0.2) is 0 Å². The molecule has 0 fully saturated rings. The molecular weight excluding hydrogens is 189 g/mol. The first-order valence-electron chi connectivity index (χ1n) is 3.47. The predicted octanol–water partition coefficient (Wildman–Crippen LogP) is 3.43. The van der Waals surface area contributed by atoms with Crippen molar-refractivity contribution < 1.29 is 13.2 Å². The summed E-state index contributed by atoms with van der Waals surface area (Å²) in [5.41, 5.74) is -0.667. The maximum Gasteiger partial charge on any atom is 0.414 e. The number of hydrogen-bond donors (Lipinski definition) is 0. The van der Waals surface area contributed by atoms with Crippen LogP contribution in [0.2, 0.25) is 0 Å².